The largest absolute Gasteiger partial charge is 0.468 e. The van der Waals surface area contributed by atoms with E-state index in [1.165, 1.54) is 18.8 Å². The fraction of sp³-hybridized carbons (Fsp3) is 0.364. The summed E-state index contributed by atoms with van der Waals surface area (Å²) in [6.07, 6.45) is 1.57. The molecule has 1 heterocycles. The molecule has 0 saturated heterocycles. The van der Waals surface area contributed by atoms with E-state index < -0.39 is 11.9 Å². The van der Waals surface area contributed by atoms with E-state index in [1.807, 2.05) is 0 Å². The Kier molecular flexibility index (Phi) is 4.29. The van der Waals surface area contributed by atoms with Crippen LogP contribution in [0.4, 0.5) is 0 Å². The zero-order valence-electron chi connectivity index (χ0n) is 9.81. The molecule has 0 aromatic carbocycles. The van der Waals surface area contributed by atoms with Crippen molar-refractivity contribution in [1.82, 2.24) is 9.55 Å². The summed E-state index contributed by atoms with van der Waals surface area (Å²) in [5.41, 5.74) is 0.400. The van der Waals surface area contributed by atoms with Crippen molar-refractivity contribution in [2.24, 2.45) is 7.05 Å². The van der Waals surface area contributed by atoms with E-state index in [0.717, 1.165) is 0 Å². The van der Waals surface area contributed by atoms with Crippen LogP contribution in [0.25, 0.3) is 0 Å². The van der Waals surface area contributed by atoms with Crippen LogP contribution in [-0.4, -0.2) is 35.7 Å². The van der Waals surface area contributed by atoms with Gasteiger partial charge in [-0.05, 0) is 5.92 Å². The quantitative estimate of drug-likeness (QED) is 0.539. The predicted molar refractivity (Wildman–Crippen MR) is 58.1 cm³/mol. The van der Waals surface area contributed by atoms with Gasteiger partial charge in [-0.25, -0.2) is 9.78 Å². The minimum Gasteiger partial charge on any atom is -0.468 e. The Labute approximate surface area is 98.5 Å². The molecule has 0 aliphatic carbocycles. The minimum absolute atomic E-state index is 0.0133. The first-order valence-electron chi connectivity index (χ1n) is 4.76. The second-order valence-corrected chi connectivity index (χ2v) is 3.11. The van der Waals surface area contributed by atoms with E-state index >= 15 is 0 Å². The van der Waals surface area contributed by atoms with Gasteiger partial charge in [0.05, 0.1) is 14.2 Å². The maximum atomic E-state index is 11.2. The Balaban J connectivity index is 2.80. The number of carbonyl (C=O) groups is 2. The van der Waals surface area contributed by atoms with Crippen molar-refractivity contribution in [1.29, 1.82) is 0 Å². The number of nitrogens with zero attached hydrogens (tertiary/aromatic N) is 2. The molecule has 0 aliphatic heterocycles. The van der Waals surface area contributed by atoms with Gasteiger partial charge in [-0.1, -0.05) is 5.92 Å². The number of methoxy groups -OCH3 is 2. The van der Waals surface area contributed by atoms with Crippen LogP contribution in [-0.2, 0) is 21.3 Å². The summed E-state index contributed by atoms with van der Waals surface area (Å²) in [5, 5.41) is 0. The van der Waals surface area contributed by atoms with E-state index in [4.69, 9.17) is 0 Å². The Hall–Kier alpha value is -2.29. The Morgan fingerprint density at radius 1 is 1.41 bits per heavy atom. The zero-order valence-corrected chi connectivity index (χ0v) is 9.81. The fourth-order valence-corrected chi connectivity index (χ4v) is 1.09. The molecule has 1 rings (SSSR count). The van der Waals surface area contributed by atoms with Gasteiger partial charge in [-0.15, -0.1) is 0 Å². The van der Waals surface area contributed by atoms with Crippen molar-refractivity contribution in [3.05, 3.63) is 17.7 Å². The van der Waals surface area contributed by atoms with Gasteiger partial charge in [-0.2, -0.15) is 0 Å². The molecule has 1 aromatic rings. The summed E-state index contributed by atoms with van der Waals surface area (Å²) in [5.74, 6) is 4.47. The summed E-state index contributed by atoms with van der Waals surface area (Å²) in [6, 6.07) is 0. The molecule has 0 saturated carbocycles. The highest BCUT2D eigenvalue weighted by Gasteiger charge is 2.12. The number of esters is 2. The summed E-state index contributed by atoms with van der Waals surface area (Å²) < 4.78 is 10.5. The highest BCUT2D eigenvalue weighted by molar-refractivity contribution is 5.85. The molecule has 0 radical (unpaired) electrons. The SMILES string of the molecule is COC(=O)CC#Cc1cn(C)c(C(=O)OC)n1. The van der Waals surface area contributed by atoms with Gasteiger partial charge in [0.25, 0.3) is 0 Å². The van der Waals surface area contributed by atoms with Gasteiger partial charge < -0.3 is 14.0 Å². The first-order valence-corrected chi connectivity index (χ1v) is 4.76. The number of imidazole rings is 1. The standard InChI is InChI=1S/C11H12N2O4/c1-13-7-8(5-4-6-9(14)16-2)12-10(13)11(15)17-3/h7H,6H2,1-3H3. The Bertz CT molecular complexity index is 493. The maximum absolute atomic E-state index is 11.2. The van der Waals surface area contributed by atoms with Gasteiger partial charge in [0, 0.05) is 13.2 Å². The molecular formula is C11H12N2O4. The topological polar surface area (TPSA) is 70.4 Å². The molecule has 0 unspecified atom stereocenters. The second-order valence-electron chi connectivity index (χ2n) is 3.11. The van der Waals surface area contributed by atoms with Gasteiger partial charge in [0.15, 0.2) is 0 Å². The van der Waals surface area contributed by atoms with E-state index in [9.17, 15) is 9.59 Å². The Morgan fingerprint density at radius 2 is 2.12 bits per heavy atom. The van der Waals surface area contributed by atoms with Crippen LogP contribution in [0.15, 0.2) is 6.20 Å². The molecular weight excluding hydrogens is 224 g/mol. The monoisotopic (exact) mass is 236 g/mol. The first kappa shape index (κ1) is 12.8. The third kappa shape index (κ3) is 3.34. The molecule has 17 heavy (non-hydrogen) atoms. The fourth-order valence-electron chi connectivity index (χ4n) is 1.09. The summed E-state index contributed by atoms with van der Waals surface area (Å²) in [4.78, 5) is 26.0. The lowest BCUT2D eigenvalue weighted by Gasteiger charge is -1.96. The molecule has 6 nitrogen and oxygen atoms in total. The molecule has 0 atom stereocenters. The molecule has 0 aliphatic rings. The molecule has 0 amide bonds. The van der Waals surface area contributed by atoms with Crippen LogP contribution in [0, 0.1) is 11.8 Å². The molecule has 90 valence electrons. The number of aryl methyl sites for hydroxylation is 1. The smallest absolute Gasteiger partial charge is 0.374 e. The number of rotatable bonds is 2. The van der Waals surface area contributed by atoms with Crippen LogP contribution in [0.5, 0.6) is 0 Å². The van der Waals surface area contributed by atoms with Crippen molar-refractivity contribution in [3.63, 3.8) is 0 Å². The third-order valence-electron chi connectivity index (χ3n) is 1.92. The van der Waals surface area contributed by atoms with Gasteiger partial charge >= 0.3 is 11.9 Å². The third-order valence-corrected chi connectivity index (χ3v) is 1.92. The second kappa shape index (κ2) is 5.70. The Morgan fingerprint density at radius 3 is 2.71 bits per heavy atom. The number of hydrogen-bond acceptors (Lipinski definition) is 5. The number of carbonyl (C=O) groups excluding carboxylic acids is 2. The van der Waals surface area contributed by atoms with Crippen LogP contribution in [0.3, 0.4) is 0 Å². The number of aromatic nitrogens is 2. The molecule has 0 fully saturated rings. The van der Waals surface area contributed by atoms with Crippen LogP contribution in [0.1, 0.15) is 22.7 Å². The van der Waals surface area contributed by atoms with Gasteiger partial charge in [0.2, 0.25) is 5.82 Å². The van der Waals surface area contributed by atoms with Crippen molar-refractivity contribution in [3.8, 4) is 11.8 Å². The summed E-state index contributed by atoms with van der Waals surface area (Å²) in [7, 11) is 4.23. The molecule has 0 N–H and O–H groups in total. The van der Waals surface area contributed by atoms with Crippen molar-refractivity contribution in [2.75, 3.05) is 14.2 Å². The summed E-state index contributed by atoms with van der Waals surface area (Å²) >= 11 is 0. The lowest BCUT2D eigenvalue weighted by molar-refractivity contribution is -0.139. The molecule has 6 heteroatoms. The minimum atomic E-state index is -0.534. The number of ether oxygens (including phenoxy) is 2. The van der Waals surface area contributed by atoms with E-state index in [2.05, 4.69) is 26.3 Å². The van der Waals surface area contributed by atoms with Gasteiger partial charge in [-0.3, -0.25) is 4.79 Å². The van der Waals surface area contributed by atoms with E-state index in [0.29, 0.717) is 5.69 Å². The van der Waals surface area contributed by atoms with Crippen LogP contribution < -0.4 is 0 Å². The lowest BCUT2D eigenvalue weighted by atomic mass is 10.4. The predicted octanol–water partition coefficient (Wildman–Crippen LogP) is 0.121. The van der Waals surface area contributed by atoms with E-state index in [-0.39, 0.29) is 12.2 Å². The normalized spacial score (nSPS) is 9.12. The molecule has 0 bridgehead atoms. The van der Waals surface area contributed by atoms with Gasteiger partial charge in [0.1, 0.15) is 12.1 Å². The highest BCUT2D eigenvalue weighted by atomic mass is 16.5. The highest BCUT2D eigenvalue weighted by Crippen LogP contribution is 2.01. The average Bonchev–Trinajstić information content (AvgIpc) is 2.69. The van der Waals surface area contributed by atoms with Crippen LogP contribution in [0.2, 0.25) is 0 Å². The van der Waals surface area contributed by atoms with Crippen molar-refractivity contribution in [2.45, 2.75) is 6.42 Å². The molecule has 0 spiro atoms. The summed E-state index contributed by atoms with van der Waals surface area (Å²) in [6.45, 7) is 0. The average molecular weight is 236 g/mol. The first-order chi connectivity index (χ1) is 8.08. The number of hydrogen-bond donors (Lipinski definition) is 0. The molecule has 1 aromatic heterocycles. The zero-order chi connectivity index (χ0) is 12.8. The van der Waals surface area contributed by atoms with Crippen molar-refractivity contribution < 1.29 is 19.1 Å². The van der Waals surface area contributed by atoms with Crippen LogP contribution >= 0.6 is 0 Å². The van der Waals surface area contributed by atoms with Crippen molar-refractivity contribution >= 4 is 11.9 Å². The maximum Gasteiger partial charge on any atom is 0.374 e. The van der Waals surface area contributed by atoms with E-state index in [1.54, 1.807) is 13.2 Å². The lowest BCUT2D eigenvalue weighted by Crippen LogP contribution is -2.08.